The van der Waals surface area contributed by atoms with E-state index in [4.69, 9.17) is 14.2 Å². The highest BCUT2D eigenvalue weighted by Gasteiger charge is 2.19. The summed E-state index contributed by atoms with van der Waals surface area (Å²) in [6, 6.07) is 0. The third kappa shape index (κ3) is 56.1. The molecule has 0 aromatic heterocycles. The fourth-order valence-electron chi connectivity index (χ4n) is 7.10. The number of unbranched alkanes of at least 4 members (excludes halogenated alkanes) is 14. The second kappa shape index (κ2) is 57.9. The van der Waals surface area contributed by atoms with Crippen molar-refractivity contribution in [2.45, 2.75) is 232 Å². The second-order valence-corrected chi connectivity index (χ2v) is 18.1. The predicted molar refractivity (Wildman–Crippen MR) is 306 cm³/mol. The Labute approximate surface area is 436 Å². The molecular formula is C65H102O6. The monoisotopic (exact) mass is 979 g/mol. The van der Waals surface area contributed by atoms with E-state index in [1.807, 2.05) is 0 Å². The van der Waals surface area contributed by atoms with Crippen LogP contribution in [0, 0.1) is 0 Å². The van der Waals surface area contributed by atoms with Crippen LogP contribution in [0.25, 0.3) is 0 Å². The summed E-state index contributed by atoms with van der Waals surface area (Å²) in [6.07, 6.45) is 82.8. The SMILES string of the molecule is CC/C=C\C/C=C\C/C=C\C/C=C\C/C=C\C/C=C\C/C=C\C/C=C\CCCCCCC(=O)OCC(COC(=O)CCCCCCC/C=C\CCCC)OC(=O)CCCCC/C=C\C/C=C\C/C=C\CC. The molecule has 6 heteroatoms. The molecule has 0 bridgehead atoms. The highest BCUT2D eigenvalue weighted by Crippen LogP contribution is 2.12. The van der Waals surface area contributed by atoms with Gasteiger partial charge < -0.3 is 14.2 Å². The summed E-state index contributed by atoms with van der Waals surface area (Å²) in [6.45, 7) is 6.29. The highest BCUT2D eigenvalue weighted by molar-refractivity contribution is 5.71. The van der Waals surface area contributed by atoms with Gasteiger partial charge in [0.15, 0.2) is 6.10 Å². The van der Waals surface area contributed by atoms with Crippen molar-refractivity contribution in [2.75, 3.05) is 13.2 Å². The summed E-state index contributed by atoms with van der Waals surface area (Å²) in [5, 5.41) is 0. The molecule has 0 aromatic carbocycles. The summed E-state index contributed by atoms with van der Waals surface area (Å²) in [4.78, 5) is 38.0. The van der Waals surface area contributed by atoms with Gasteiger partial charge in [0.1, 0.15) is 13.2 Å². The van der Waals surface area contributed by atoms with Crippen LogP contribution < -0.4 is 0 Å². The molecule has 0 aliphatic carbocycles. The average Bonchev–Trinajstić information content (AvgIpc) is 3.37. The Bertz CT molecular complexity index is 1590. The van der Waals surface area contributed by atoms with Crippen LogP contribution in [0.3, 0.4) is 0 Å². The van der Waals surface area contributed by atoms with Crippen molar-refractivity contribution in [3.8, 4) is 0 Å². The van der Waals surface area contributed by atoms with E-state index < -0.39 is 6.10 Å². The lowest BCUT2D eigenvalue weighted by molar-refractivity contribution is -0.167. The number of hydrogen-bond donors (Lipinski definition) is 0. The summed E-state index contributed by atoms with van der Waals surface area (Å²) >= 11 is 0. The van der Waals surface area contributed by atoms with Crippen LogP contribution in [-0.4, -0.2) is 37.2 Å². The van der Waals surface area contributed by atoms with Gasteiger partial charge in [-0.2, -0.15) is 0 Å². The lowest BCUT2D eigenvalue weighted by Gasteiger charge is -2.18. The number of carbonyl (C=O) groups is 3. The Morgan fingerprint density at radius 1 is 0.296 bits per heavy atom. The maximum atomic E-state index is 12.8. The molecule has 1 unspecified atom stereocenters. The minimum atomic E-state index is -0.812. The number of allylic oxidation sites excluding steroid dienone is 24. The molecular weight excluding hydrogens is 877 g/mol. The summed E-state index contributed by atoms with van der Waals surface area (Å²) in [7, 11) is 0. The van der Waals surface area contributed by atoms with Gasteiger partial charge in [0.05, 0.1) is 0 Å². The normalized spacial score (nSPS) is 13.2. The molecule has 398 valence electrons. The third-order valence-electron chi connectivity index (χ3n) is 11.3. The first-order chi connectivity index (χ1) is 35.0. The number of ether oxygens (including phenoxy) is 3. The van der Waals surface area contributed by atoms with Gasteiger partial charge in [0, 0.05) is 19.3 Å². The van der Waals surface area contributed by atoms with Crippen molar-refractivity contribution < 1.29 is 28.6 Å². The Morgan fingerprint density at radius 3 is 0.887 bits per heavy atom. The largest absolute Gasteiger partial charge is 0.462 e. The molecule has 0 heterocycles. The third-order valence-corrected chi connectivity index (χ3v) is 11.3. The van der Waals surface area contributed by atoms with E-state index in [1.54, 1.807) is 0 Å². The quantitative estimate of drug-likeness (QED) is 0.0262. The molecule has 71 heavy (non-hydrogen) atoms. The van der Waals surface area contributed by atoms with Crippen LogP contribution in [0.5, 0.6) is 0 Å². The number of carbonyl (C=O) groups excluding carboxylic acids is 3. The molecule has 0 fully saturated rings. The Morgan fingerprint density at radius 2 is 0.549 bits per heavy atom. The van der Waals surface area contributed by atoms with Gasteiger partial charge >= 0.3 is 17.9 Å². The molecule has 0 saturated heterocycles. The first kappa shape index (κ1) is 66.3. The molecule has 0 aromatic rings. The smallest absolute Gasteiger partial charge is 0.306 e. The van der Waals surface area contributed by atoms with E-state index in [0.29, 0.717) is 12.8 Å². The van der Waals surface area contributed by atoms with E-state index in [1.165, 1.54) is 25.7 Å². The molecule has 0 rings (SSSR count). The van der Waals surface area contributed by atoms with Gasteiger partial charge in [0.25, 0.3) is 0 Å². The molecule has 0 aliphatic rings. The van der Waals surface area contributed by atoms with Gasteiger partial charge in [0.2, 0.25) is 0 Å². The maximum Gasteiger partial charge on any atom is 0.306 e. The van der Waals surface area contributed by atoms with Gasteiger partial charge in [-0.05, 0) is 135 Å². The van der Waals surface area contributed by atoms with Crippen molar-refractivity contribution in [3.63, 3.8) is 0 Å². The van der Waals surface area contributed by atoms with E-state index in [-0.39, 0.29) is 37.5 Å². The van der Waals surface area contributed by atoms with E-state index in [0.717, 1.165) is 161 Å². The van der Waals surface area contributed by atoms with Gasteiger partial charge in [-0.1, -0.05) is 218 Å². The molecule has 0 N–H and O–H groups in total. The number of rotatable bonds is 49. The molecule has 0 aliphatic heterocycles. The van der Waals surface area contributed by atoms with Crippen LogP contribution in [0.15, 0.2) is 146 Å². The summed E-state index contributed by atoms with van der Waals surface area (Å²) < 4.78 is 16.7. The minimum Gasteiger partial charge on any atom is -0.462 e. The molecule has 6 nitrogen and oxygen atoms in total. The minimum absolute atomic E-state index is 0.108. The highest BCUT2D eigenvalue weighted by atomic mass is 16.6. The van der Waals surface area contributed by atoms with Crippen molar-refractivity contribution in [2.24, 2.45) is 0 Å². The molecule has 0 spiro atoms. The molecule has 0 radical (unpaired) electrons. The van der Waals surface area contributed by atoms with Crippen molar-refractivity contribution in [1.82, 2.24) is 0 Å². The van der Waals surface area contributed by atoms with Crippen molar-refractivity contribution in [3.05, 3.63) is 146 Å². The van der Waals surface area contributed by atoms with Gasteiger partial charge in [-0.25, -0.2) is 0 Å². The van der Waals surface area contributed by atoms with Gasteiger partial charge in [-0.3, -0.25) is 14.4 Å². The zero-order valence-corrected chi connectivity index (χ0v) is 45.4. The fraction of sp³-hybridized carbons (Fsp3) is 0.585. The first-order valence-corrected chi connectivity index (χ1v) is 28.3. The van der Waals surface area contributed by atoms with Crippen LogP contribution in [0.2, 0.25) is 0 Å². The molecule has 0 saturated carbocycles. The predicted octanol–water partition coefficient (Wildman–Crippen LogP) is 19.2. The topological polar surface area (TPSA) is 78.9 Å². The number of hydrogen-bond acceptors (Lipinski definition) is 6. The van der Waals surface area contributed by atoms with Crippen LogP contribution in [0.1, 0.15) is 226 Å². The van der Waals surface area contributed by atoms with Crippen molar-refractivity contribution >= 4 is 17.9 Å². The second-order valence-electron chi connectivity index (χ2n) is 18.1. The maximum absolute atomic E-state index is 12.8. The Kier molecular flexibility index (Phi) is 54.0. The summed E-state index contributed by atoms with van der Waals surface area (Å²) in [5.74, 6) is -0.983. The van der Waals surface area contributed by atoms with Gasteiger partial charge in [-0.15, -0.1) is 0 Å². The van der Waals surface area contributed by atoms with E-state index in [2.05, 4.69) is 167 Å². The number of esters is 3. The standard InChI is InChI=1S/C65H102O6/c1-4-7-10-13-16-19-22-24-25-26-27-28-29-30-31-32-33-34-35-36-37-38-39-41-43-46-49-52-55-58-64(67)70-61-62(60-69-63(66)57-54-51-48-45-42-21-18-15-12-9-6-3)71-65(68)59-56-53-50-47-44-40-23-20-17-14-11-8-5-2/h7-8,10-11,15-20,24-25,27-28,30-31,33-34,36-37,39-41,44,62H,4-6,9,12-14,21-23,26,29,32,35,38,42-43,45-61H2,1-3H3/b10-7-,11-8-,18-15-,19-16-,20-17-,25-24-,28-27-,31-30-,34-33-,37-36-,41-39-,44-40-. The lowest BCUT2D eigenvalue weighted by Crippen LogP contribution is -2.30. The first-order valence-electron chi connectivity index (χ1n) is 28.3. The average molecular weight is 980 g/mol. The zero-order chi connectivity index (χ0) is 51.4. The van der Waals surface area contributed by atoms with Crippen LogP contribution >= 0.6 is 0 Å². The van der Waals surface area contributed by atoms with E-state index >= 15 is 0 Å². The Hall–Kier alpha value is -4.71. The molecule has 1 atom stereocenters. The van der Waals surface area contributed by atoms with Crippen LogP contribution in [0.4, 0.5) is 0 Å². The summed E-state index contributed by atoms with van der Waals surface area (Å²) in [5.41, 5.74) is 0. The fourth-order valence-corrected chi connectivity index (χ4v) is 7.10. The Balaban J connectivity index is 4.37. The molecule has 0 amide bonds. The van der Waals surface area contributed by atoms with Crippen LogP contribution in [-0.2, 0) is 28.6 Å². The lowest BCUT2D eigenvalue weighted by atomic mass is 10.1. The van der Waals surface area contributed by atoms with E-state index in [9.17, 15) is 14.4 Å². The van der Waals surface area contributed by atoms with Crippen molar-refractivity contribution in [1.29, 1.82) is 0 Å². The zero-order valence-electron chi connectivity index (χ0n) is 45.4.